The Morgan fingerprint density at radius 3 is 2.95 bits per heavy atom. The summed E-state index contributed by atoms with van der Waals surface area (Å²) in [5.74, 6) is 1.02. The molecule has 0 spiro atoms. The highest BCUT2D eigenvalue weighted by Gasteiger charge is 2.07. The Labute approximate surface area is 114 Å². The van der Waals surface area contributed by atoms with E-state index in [1.54, 1.807) is 6.33 Å². The molecule has 0 aliphatic rings. The Morgan fingerprint density at radius 1 is 1.26 bits per heavy atom. The van der Waals surface area contributed by atoms with Crippen LogP contribution in [0.3, 0.4) is 0 Å². The molecule has 2 aromatic rings. The van der Waals surface area contributed by atoms with Gasteiger partial charge in [-0.05, 0) is 31.5 Å². The van der Waals surface area contributed by atoms with Crippen molar-refractivity contribution in [2.45, 2.75) is 46.3 Å². The highest BCUT2D eigenvalue weighted by molar-refractivity contribution is 5.08. The number of aryl methyl sites for hydroxylation is 1. The maximum absolute atomic E-state index is 4.36. The van der Waals surface area contributed by atoms with Crippen LogP contribution in [0.25, 0.3) is 0 Å². The van der Waals surface area contributed by atoms with E-state index in [9.17, 15) is 0 Å². The summed E-state index contributed by atoms with van der Waals surface area (Å²) in [6.45, 7) is 8.01. The van der Waals surface area contributed by atoms with Gasteiger partial charge in [0, 0.05) is 25.0 Å². The van der Waals surface area contributed by atoms with E-state index in [1.807, 2.05) is 4.68 Å². The summed E-state index contributed by atoms with van der Waals surface area (Å²) < 4.78 is 4.22. The molecule has 5 heteroatoms. The van der Waals surface area contributed by atoms with E-state index >= 15 is 0 Å². The fourth-order valence-electron chi connectivity index (χ4n) is 2.12. The van der Waals surface area contributed by atoms with Crippen LogP contribution >= 0.6 is 0 Å². The molecule has 0 aliphatic carbocycles. The van der Waals surface area contributed by atoms with Crippen molar-refractivity contribution in [3.63, 3.8) is 0 Å². The van der Waals surface area contributed by atoms with Crippen molar-refractivity contribution in [1.29, 1.82) is 0 Å². The van der Waals surface area contributed by atoms with Gasteiger partial charge in [-0.3, -0.25) is 0 Å². The maximum Gasteiger partial charge on any atom is 0.146 e. The van der Waals surface area contributed by atoms with Crippen LogP contribution in [0, 0.1) is 0 Å². The zero-order valence-electron chi connectivity index (χ0n) is 11.8. The molecule has 5 nitrogen and oxygen atoms in total. The second kappa shape index (κ2) is 7.09. The summed E-state index contributed by atoms with van der Waals surface area (Å²) in [5.41, 5.74) is 1.29. The molecule has 0 radical (unpaired) electrons. The van der Waals surface area contributed by atoms with Crippen molar-refractivity contribution in [2.75, 3.05) is 6.54 Å². The number of nitrogens with zero attached hydrogens (tertiary/aromatic N) is 4. The number of aromatic nitrogens is 4. The normalized spacial score (nSPS) is 11.1. The van der Waals surface area contributed by atoms with Crippen LogP contribution < -0.4 is 5.32 Å². The summed E-state index contributed by atoms with van der Waals surface area (Å²) >= 11 is 0. The third kappa shape index (κ3) is 3.67. The Bertz CT molecular complexity index is 485. The molecule has 0 aromatic carbocycles. The van der Waals surface area contributed by atoms with Gasteiger partial charge in [-0.2, -0.15) is 5.10 Å². The second-order valence-electron chi connectivity index (χ2n) is 4.70. The largest absolute Gasteiger partial charge is 0.343 e. The van der Waals surface area contributed by atoms with Crippen LogP contribution in [0.4, 0.5) is 0 Å². The van der Waals surface area contributed by atoms with E-state index in [4.69, 9.17) is 0 Å². The maximum atomic E-state index is 4.36. The lowest BCUT2D eigenvalue weighted by molar-refractivity contribution is 0.545. The van der Waals surface area contributed by atoms with Gasteiger partial charge in [-0.25, -0.2) is 9.67 Å². The van der Waals surface area contributed by atoms with E-state index in [0.29, 0.717) is 0 Å². The van der Waals surface area contributed by atoms with Crippen molar-refractivity contribution in [2.24, 2.45) is 0 Å². The average molecular weight is 261 g/mol. The molecule has 0 atom stereocenters. The lowest BCUT2D eigenvalue weighted by Gasteiger charge is -2.10. The monoisotopic (exact) mass is 261 g/mol. The molecule has 104 valence electrons. The van der Waals surface area contributed by atoms with Crippen molar-refractivity contribution < 1.29 is 0 Å². The van der Waals surface area contributed by atoms with Gasteiger partial charge in [0.15, 0.2) is 0 Å². The quantitative estimate of drug-likeness (QED) is 0.740. The fraction of sp³-hybridized carbons (Fsp3) is 0.571. The Hall–Kier alpha value is -1.62. The first-order valence-corrected chi connectivity index (χ1v) is 7.06. The Kier molecular flexibility index (Phi) is 5.15. The first-order chi connectivity index (χ1) is 9.35. The molecule has 1 N–H and O–H groups in total. The van der Waals surface area contributed by atoms with Gasteiger partial charge in [-0.1, -0.05) is 13.8 Å². The number of nitrogens with one attached hydrogen (secondary N) is 1. The lowest BCUT2D eigenvalue weighted by Crippen LogP contribution is -2.18. The second-order valence-corrected chi connectivity index (χ2v) is 4.70. The smallest absolute Gasteiger partial charge is 0.146 e. The van der Waals surface area contributed by atoms with Gasteiger partial charge in [0.1, 0.15) is 12.2 Å². The predicted octanol–water partition coefficient (Wildman–Crippen LogP) is 2.04. The van der Waals surface area contributed by atoms with Crippen LogP contribution in [0.2, 0.25) is 0 Å². The fourth-order valence-corrected chi connectivity index (χ4v) is 2.12. The first-order valence-electron chi connectivity index (χ1n) is 7.06. The van der Waals surface area contributed by atoms with Gasteiger partial charge in [0.05, 0.1) is 6.54 Å². The third-order valence-electron chi connectivity index (χ3n) is 3.10. The zero-order chi connectivity index (χ0) is 13.5. The average Bonchev–Trinajstić information content (AvgIpc) is 3.02. The zero-order valence-corrected chi connectivity index (χ0v) is 11.8. The molecule has 0 bridgehead atoms. The molecule has 2 aromatic heterocycles. The van der Waals surface area contributed by atoms with E-state index in [-0.39, 0.29) is 0 Å². The molecule has 0 fully saturated rings. The summed E-state index contributed by atoms with van der Waals surface area (Å²) in [5, 5.41) is 7.70. The van der Waals surface area contributed by atoms with Crippen LogP contribution in [-0.2, 0) is 19.6 Å². The third-order valence-corrected chi connectivity index (χ3v) is 3.10. The SMILES string of the molecule is CCCNCc1cccn1Cc1ncnn1CCC. The minimum atomic E-state index is 0.788. The minimum absolute atomic E-state index is 0.788. The van der Waals surface area contributed by atoms with Gasteiger partial charge < -0.3 is 9.88 Å². The van der Waals surface area contributed by atoms with E-state index < -0.39 is 0 Å². The van der Waals surface area contributed by atoms with E-state index in [1.165, 1.54) is 5.69 Å². The van der Waals surface area contributed by atoms with Crippen molar-refractivity contribution in [3.05, 3.63) is 36.2 Å². The summed E-state index contributed by atoms with van der Waals surface area (Å²) in [7, 11) is 0. The molecule has 2 heterocycles. The molecule has 0 saturated heterocycles. The number of rotatable bonds is 8. The standard InChI is InChI=1S/C14H23N5/c1-3-7-15-10-13-6-5-9-18(13)11-14-16-12-17-19(14)8-4-2/h5-6,9,12,15H,3-4,7-8,10-11H2,1-2H3. The topological polar surface area (TPSA) is 47.7 Å². The van der Waals surface area contributed by atoms with Gasteiger partial charge in [0.25, 0.3) is 0 Å². The molecular formula is C14H23N5. The van der Waals surface area contributed by atoms with Gasteiger partial charge in [-0.15, -0.1) is 0 Å². The van der Waals surface area contributed by atoms with Crippen molar-refractivity contribution in [3.8, 4) is 0 Å². The molecular weight excluding hydrogens is 238 g/mol. The minimum Gasteiger partial charge on any atom is -0.343 e. The summed E-state index contributed by atoms with van der Waals surface area (Å²) in [6, 6.07) is 4.24. The van der Waals surface area contributed by atoms with E-state index in [0.717, 1.165) is 44.8 Å². The van der Waals surface area contributed by atoms with Gasteiger partial charge >= 0.3 is 0 Å². The summed E-state index contributed by atoms with van der Waals surface area (Å²) in [6.07, 6.45) is 5.98. The first kappa shape index (κ1) is 13.8. The Balaban J connectivity index is 2.02. The number of hydrogen-bond donors (Lipinski definition) is 1. The molecule has 2 rings (SSSR count). The van der Waals surface area contributed by atoms with Crippen molar-refractivity contribution >= 4 is 0 Å². The molecule has 0 unspecified atom stereocenters. The molecule has 0 aliphatic heterocycles. The van der Waals surface area contributed by atoms with Crippen LogP contribution in [0.5, 0.6) is 0 Å². The Morgan fingerprint density at radius 2 is 2.16 bits per heavy atom. The van der Waals surface area contributed by atoms with Crippen molar-refractivity contribution in [1.82, 2.24) is 24.6 Å². The molecule has 0 amide bonds. The predicted molar refractivity (Wildman–Crippen MR) is 75.8 cm³/mol. The van der Waals surface area contributed by atoms with Crippen LogP contribution in [0.1, 0.15) is 38.2 Å². The summed E-state index contributed by atoms with van der Waals surface area (Å²) in [4.78, 5) is 4.36. The van der Waals surface area contributed by atoms with E-state index in [2.05, 4.69) is 52.1 Å². The highest BCUT2D eigenvalue weighted by atomic mass is 15.3. The molecule has 19 heavy (non-hydrogen) atoms. The van der Waals surface area contributed by atoms with Crippen LogP contribution in [-0.4, -0.2) is 25.9 Å². The highest BCUT2D eigenvalue weighted by Crippen LogP contribution is 2.06. The van der Waals surface area contributed by atoms with Crippen LogP contribution in [0.15, 0.2) is 24.7 Å². The lowest BCUT2D eigenvalue weighted by atomic mass is 10.4. The molecule has 0 saturated carbocycles. The number of hydrogen-bond acceptors (Lipinski definition) is 3. The van der Waals surface area contributed by atoms with Gasteiger partial charge in [0.2, 0.25) is 0 Å².